The maximum Gasteiger partial charge on any atom is 0.322 e. The molecule has 1 aliphatic rings. The molecule has 0 aliphatic carbocycles. The molecule has 10 nitrogen and oxygen atoms in total. The second kappa shape index (κ2) is 8.51. The standard InChI is InChI=1S/C18H21N5O5/c1-26-13-6-4-5-12(8-13)23-10-11(7-15(23)24)16(25)19-9-14-20-17(27-2)22-18(21-14)28-3/h4-6,8,11H,7,9-10H2,1-3H3,(H,19,25)/t11-/m1/s1. The molecule has 1 atom stereocenters. The summed E-state index contributed by atoms with van der Waals surface area (Å²) in [5.74, 6) is 0.111. The van der Waals surface area contributed by atoms with Gasteiger partial charge >= 0.3 is 12.0 Å². The molecule has 0 saturated carbocycles. The van der Waals surface area contributed by atoms with Crippen LogP contribution in [0.1, 0.15) is 12.2 Å². The summed E-state index contributed by atoms with van der Waals surface area (Å²) in [5.41, 5.74) is 0.701. The van der Waals surface area contributed by atoms with Crippen LogP contribution >= 0.6 is 0 Å². The number of rotatable bonds is 7. The second-order valence-corrected chi connectivity index (χ2v) is 6.05. The lowest BCUT2D eigenvalue weighted by Gasteiger charge is -2.17. The number of amides is 2. The minimum absolute atomic E-state index is 0.0674. The topological polar surface area (TPSA) is 116 Å². The zero-order valence-electron chi connectivity index (χ0n) is 15.8. The number of nitrogens with zero attached hydrogens (tertiary/aromatic N) is 4. The fourth-order valence-electron chi connectivity index (χ4n) is 2.86. The zero-order chi connectivity index (χ0) is 20.1. The van der Waals surface area contributed by atoms with Gasteiger partial charge in [-0.1, -0.05) is 6.07 Å². The van der Waals surface area contributed by atoms with E-state index in [1.54, 1.807) is 30.2 Å². The number of hydrogen-bond donors (Lipinski definition) is 1. The van der Waals surface area contributed by atoms with Gasteiger partial charge < -0.3 is 24.4 Å². The maximum atomic E-state index is 12.5. The van der Waals surface area contributed by atoms with Crippen molar-refractivity contribution in [2.75, 3.05) is 32.8 Å². The highest BCUT2D eigenvalue weighted by Gasteiger charge is 2.35. The molecule has 1 aromatic heterocycles. The maximum absolute atomic E-state index is 12.5. The molecule has 0 unspecified atom stereocenters. The summed E-state index contributed by atoms with van der Waals surface area (Å²) in [6, 6.07) is 7.36. The molecule has 2 amide bonds. The lowest BCUT2D eigenvalue weighted by atomic mass is 10.1. The van der Waals surface area contributed by atoms with Gasteiger partial charge in [0.25, 0.3) is 0 Å². The van der Waals surface area contributed by atoms with Crippen molar-refractivity contribution >= 4 is 17.5 Å². The third-order valence-corrected chi connectivity index (χ3v) is 4.29. The highest BCUT2D eigenvalue weighted by atomic mass is 16.5. The summed E-state index contributed by atoms with van der Waals surface area (Å²) >= 11 is 0. The third-order valence-electron chi connectivity index (χ3n) is 4.29. The number of nitrogens with one attached hydrogen (secondary N) is 1. The van der Waals surface area contributed by atoms with Crippen molar-refractivity contribution in [2.45, 2.75) is 13.0 Å². The number of carbonyl (C=O) groups is 2. The number of aromatic nitrogens is 3. The first-order chi connectivity index (χ1) is 13.5. The summed E-state index contributed by atoms with van der Waals surface area (Å²) in [6.07, 6.45) is 0.132. The molecule has 0 radical (unpaired) electrons. The van der Waals surface area contributed by atoms with Crippen LogP contribution in [-0.2, 0) is 16.1 Å². The Morgan fingerprint density at radius 1 is 1.14 bits per heavy atom. The van der Waals surface area contributed by atoms with Crippen LogP contribution in [-0.4, -0.2) is 54.6 Å². The molecule has 3 rings (SSSR count). The van der Waals surface area contributed by atoms with E-state index in [4.69, 9.17) is 14.2 Å². The monoisotopic (exact) mass is 387 g/mol. The van der Waals surface area contributed by atoms with Crippen LogP contribution in [0.2, 0.25) is 0 Å². The Kier molecular flexibility index (Phi) is 5.87. The second-order valence-electron chi connectivity index (χ2n) is 6.05. The SMILES string of the molecule is COc1cccc(N2C[C@H](C(=O)NCc3nc(OC)nc(OC)n3)CC2=O)c1. The average Bonchev–Trinajstić information content (AvgIpc) is 3.13. The first-order valence-corrected chi connectivity index (χ1v) is 8.59. The average molecular weight is 387 g/mol. The van der Waals surface area contributed by atoms with Crippen molar-refractivity contribution in [3.05, 3.63) is 30.1 Å². The Labute approximate surface area is 161 Å². The van der Waals surface area contributed by atoms with Crippen molar-refractivity contribution < 1.29 is 23.8 Å². The molecule has 2 aromatic rings. The number of methoxy groups -OCH3 is 3. The molecule has 28 heavy (non-hydrogen) atoms. The van der Waals surface area contributed by atoms with E-state index in [-0.39, 0.29) is 36.8 Å². The first-order valence-electron chi connectivity index (χ1n) is 8.59. The number of hydrogen-bond acceptors (Lipinski definition) is 8. The molecule has 1 fully saturated rings. The Morgan fingerprint density at radius 3 is 2.50 bits per heavy atom. The molecule has 1 saturated heterocycles. The smallest absolute Gasteiger partial charge is 0.322 e. The molecule has 1 N–H and O–H groups in total. The van der Waals surface area contributed by atoms with Crippen LogP contribution in [0.5, 0.6) is 17.8 Å². The van der Waals surface area contributed by atoms with Gasteiger partial charge in [-0.2, -0.15) is 9.97 Å². The third kappa shape index (κ3) is 4.27. The Balaban J connectivity index is 1.63. The summed E-state index contributed by atoms with van der Waals surface area (Å²) in [4.78, 5) is 38.5. The molecular weight excluding hydrogens is 366 g/mol. The van der Waals surface area contributed by atoms with Crippen molar-refractivity contribution in [1.82, 2.24) is 20.3 Å². The van der Waals surface area contributed by atoms with E-state index >= 15 is 0 Å². The van der Waals surface area contributed by atoms with Gasteiger partial charge in [-0.15, -0.1) is 4.98 Å². The minimum Gasteiger partial charge on any atom is -0.497 e. The lowest BCUT2D eigenvalue weighted by Crippen LogP contribution is -2.33. The molecule has 0 spiro atoms. The highest BCUT2D eigenvalue weighted by molar-refractivity contribution is 6.00. The summed E-state index contributed by atoms with van der Waals surface area (Å²) in [6.45, 7) is 0.361. The number of ether oxygens (including phenoxy) is 3. The van der Waals surface area contributed by atoms with Gasteiger partial charge in [-0.05, 0) is 12.1 Å². The van der Waals surface area contributed by atoms with Gasteiger partial charge in [0.2, 0.25) is 11.8 Å². The molecular formula is C18H21N5O5. The van der Waals surface area contributed by atoms with Gasteiger partial charge in [0.15, 0.2) is 5.82 Å². The van der Waals surface area contributed by atoms with Crippen LogP contribution in [0.25, 0.3) is 0 Å². The normalized spacial score (nSPS) is 16.0. The Hall–Kier alpha value is -3.43. The summed E-state index contributed by atoms with van der Waals surface area (Å²) in [5, 5.41) is 2.75. The van der Waals surface area contributed by atoms with E-state index in [2.05, 4.69) is 20.3 Å². The molecule has 2 heterocycles. The number of carbonyl (C=O) groups excluding carboxylic acids is 2. The van der Waals surface area contributed by atoms with Crippen LogP contribution in [0.15, 0.2) is 24.3 Å². The lowest BCUT2D eigenvalue weighted by molar-refractivity contribution is -0.126. The van der Waals surface area contributed by atoms with E-state index in [9.17, 15) is 9.59 Å². The molecule has 1 aromatic carbocycles. The fourth-order valence-corrected chi connectivity index (χ4v) is 2.86. The van der Waals surface area contributed by atoms with Crippen LogP contribution in [0, 0.1) is 5.92 Å². The quantitative estimate of drug-likeness (QED) is 0.733. The number of benzene rings is 1. The molecule has 10 heteroatoms. The van der Waals surface area contributed by atoms with Gasteiger partial charge in [-0.3, -0.25) is 9.59 Å². The van der Waals surface area contributed by atoms with E-state index in [0.717, 1.165) is 0 Å². The largest absolute Gasteiger partial charge is 0.497 e. The molecule has 148 valence electrons. The van der Waals surface area contributed by atoms with E-state index < -0.39 is 5.92 Å². The van der Waals surface area contributed by atoms with Gasteiger partial charge in [0, 0.05) is 24.7 Å². The zero-order valence-corrected chi connectivity index (χ0v) is 15.8. The van der Waals surface area contributed by atoms with E-state index in [1.807, 2.05) is 6.07 Å². The van der Waals surface area contributed by atoms with E-state index in [1.165, 1.54) is 14.2 Å². The predicted octanol–water partition coefficient (Wildman–Crippen LogP) is 0.567. The summed E-state index contributed by atoms with van der Waals surface area (Å²) < 4.78 is 15.2. The van der Waals surface area contributed by atoms with Crippen LogP contribution < -0.4 is 24.4 Å². The van der Waals surface area contributed by atoms with Gasteiger partial charge in [-0.25, -0.2) is 0 Å². The minimum atomic E-state index is -0.468. The Morgan fingerprint density at radius 2 is 1.86 bits per heavy atom. The predicted molar refractivity (Wildman–Crippen MR) is 98.2 cm³/mol. The Bertz CT molecular complexity index is 853. The van der Waals surface area contributed by atoms with Crippen molar-refractivity contribution in [2.24, 2.45) is 5.92 Å². The molecule has 1 aliphatic heterocycles. The van der Waals surface area contributed by atoms with E-state index in [0.29, 0.717) is 23.8 Å². The highest BCUT2D eigenvalue weighted by Crippen LogP contribution is 2.28. The van der Waals surface area contributed by atoms with Gasteiger partial charge in [0.1, 0.15) is 5.75 Å². The van der Waals surface area contributed by atoms with Gasteiger partial charge in [0.05, 0.1) is 33.8 Å². The van der Waals surface area contributed by atoms with Crippen molar-refractivity contribution in [3.8, 4) is 17.8 Å². The van der Waals surface area contributed by atoms with Crippen molar-refractivity contribution in [1.29, 1.82) is 0 Å². The van der Waals surface area contributed by atoms with Crippen LogP contribution in [0.4, 0.5) is 5.69 Å². The van der Waals surface area contributed by atoms with Crippen LogP contribution in [0.3, 0.4) is 0 Å². The molecule has 0 bridgehead atoms. The number of anilines is 1. The fraction of sp³-hybridized carbons (Fsp3) is 0.389. The summed E-state index contributed by atoms with van der Waals surface area (Å²) in [7, 11) is 4.41. The van der Waals surface area contributed by atoms with Crippen molar-refractivity contribution in [3.63, 3.8) is 0 Å². The first kappa shape index (κ1) is 19.3.